The number of aromatic hydroxyl groups is 1. The summed E-state index contributed by atoms with van der Waals surface area (Å²) in [4.78, 5) is 13.7. The number of nitrogens with zero attached hydrogens (tertiary/aromatic N) is 4. The third-order valence-electron chi connectivity index (χ3n) is 9.02. The molecule has 1 unspecified atom stereocenters. The lowest BCUT2D eigenvalue weighted by Gasteiger charge is -2.40. The van der Waals surface area contributed by atoms with E-state index in [4.69, 9.17) is 20.9 Å². The number of phenolic OH excluding ortho intramolecular Hbond substituents is 1. The van der Waals surface area contributed by atoms with Gasteiger partial charge in [-0.3, -0.25) is 4.90 Å². The number of terminal acetylenes is 1. The fourth-order valence-corrected chi connectivity index (χ4v) is 6.71. The number of fused-ring (bicyclic) bond motifs is 2. The zero-order valence-electron chi connectivity index (χ0n) is 23.1. The van der Waals surface area contributed by atoms with Crippen molar-refractivity contribution in [2.45, 2.75) is 56.9 Å². The highest BCUT2D eigenvalue weighted by Gasteiger charge is 2.41. The lowest BCUT2D eigenvalue weighted by Crippen LogP contribution is -2.51. The van der Waals surface area contributed by atoms with Crippen molar-refractivity contribution in [3.63, 3.8) is 0 Å². The van der Waals surface area contributed by atoms with Crippen LogP contribution in [0.1, 0.15) is 38.2 Å². The van der Waals surface area contributed by atoms with Crippen LogP contribution in [0.15, 0.2) is 30.3 Å². The first kappa shape index (κ1) is 25.8. The van der Waals surface area contributed by atoms with E-state index in [9.17, 15) is 9.50 Å². The van der Waals surface area contributed by atoms with E-state index in [-0.39, 0.29) is 58.3 Å². The summed E-state index contributed by atoms with van der Waals surface area (Å²) in [6, 6.07) is 7.58. The lowest BCUT2D eigenvalue weighted by molar-refractivity contribution is 0.0946. The van der Waals surface area contributed by atoms with Crippen LogP contribution in [0.3, 0.4) is 0 Å². The number of rotatable bonds is 4. The van der Waals surface area contributed by atoms with E-state index in [1.807, 2.05) is 18.9 Å². The maximum absolute atomic E-state index is 16.8. The number of benzene rings is 3. The summed E-state index contributed by atoms with van der Waals surface area (Å²) in [5.74, 6) is 2.01. The van der Waals surface area contributed by atoms with Crippen LogP contribution in [0, 0.1) is 24.0 Å². The second kappa shape index (κ2) is 9.45. The Bertz CT molecular complexity index is 1770. The molecule has 2 fully saturated rings. The van der Waals surface area contributed by atoms with E-state index >= 15 is 4.39 Å². The number of hydrogen-bond donors (Lipinski definition) is 1. The first-order valence-electron chi connectivity index (χ1n) is 14.0. The van der Waals surface area contributed by atoms with Crippen LogP contribution < -0.4 is 14.4 Å². The SMILES string of the molecule is C#Cc1c(F)ccc2cc(O)cc(-c3cc4c5c(nc(O[C@@H](C)C6CCCN6C)nc5c3F)N(C)[C@H]3CC[C@H]3O4)c12. The molecule has 3 aliphatic rings. The number of phenols is 1. The van der Waals surface area contributed by atoms with Gasteiger partial charge in [0.25, 0.3) is 0 Å². The van der Waals surface area contributed by atoms with E-state index < -0.39 is 11.6 Å². The summed E-state index contributed by atoms with van der Waals surface area (Å²) in [5.41, 5.74) is 0.366. The molecule has 0 bridgehead atoms. The summed E-state index contributed by atoms with van der Waals surface area (Å²) < 4.78 is 44.3. The number of halogens is 2. The molecule has 3 heterocycles. The summed E-state index contributed by atoms with van der Waals surface area (Å²) in [7, 11) is 4.01. The van der Waals surface area contributed by atoms with Crippen LogP contribution in [-0.2, 0) is 0 Å². The molecular weight excluding hydrogens is 526 g/mol. The Labute approximate surface area is 236 Å². The Morgan fingerprint density at radius 3 is 2.63 bits per heavy atom. The molecule has 0 radical (unpaired) electrons. The van der Waals surface area contributed by atoms with Gasteiger partial charge in [-0.05, 0) is 81.4 Å². The van der Waals surface area contributed by atoms with E-state index in [2.05, 4.69) is 22.9 Å². The van der Waals surface area contributed by atoms with Crippen molar-refractivity contribution in [1.29, 1.82) is 0 Å². The van der Waals surface area contributed by atoms with Crippen LogP contribution in [0.4, 0.5) is 14.6 Å². The maximum Gasteiger partial charge on any atom is 0.319 e. The highest BCUT2D eigenvalue weighted by molar-refractivity contribution is 6.05. The standard InChI is InChI=1S/C32H30F2N4O3/c1-5-19-22(33)9-8-17-13-18(39)14-20(27(17)19)21-15-26-28-30(29(21)34)35-32(40-16(2)23-7-6-12-37(23)3)36-31(28)38(4)24-10-11-25(24)41-26/h1,8-9,13-16,23-25,39H,6-7,10-12H2,2-4H3/t16-,23?,24-,25+/m0/s1. The molecule has 7 rings (SSSR count). The van der Waals surface area contributed by atoms with Crippen molar-refractivity contribution in [2.24, 2.45) is 0 Å². The minimum absolute atomic E-state index is 0.00974. The maximum atomic E-state index is 16.8. The van der Waals surface area contributed by atoms with Gasteiger partial charge in [-0.15, -0.1) is 6.42 Å². The third-order valence-corrected chi connectivity index (χ3v) is 9.02. The van der Waals surface area contributed by atoms with Crippen LogP contribution in [0.2, 0.25) is 0 Å². The molecule has 1 aromatic heterocycles. The number of anilines is 1. The third kappa shape index (κ3) is 3.96. The van der Waals surface area contributed by atoms with E-state index in [0.717, 1.165) is 32.2 Å². The van der Waals surface area contributed by atoms with E-state index in [1.165, 1.54) is 24.3 Å². The zero-order valence-corrected chi connectivity index (χ0v) is 23.1. The Balaban J connectivity index is 1.48. The van der Waals surface area contributed by atoms with Gasteiger partial charge in [0.05, 0.1) is 17.0 Å². The molecule has 3 aromatic carbocycles. The number of aromatic nitrogens is 2. The van der Waals surface area contributed by atoms with Gasteiger partial charge in [0.15, 0.2) is 5.82 Å². The second-order valence-corrected chi connectivity index (χ2v) is 11.4. The molecule has 1 saturated heterocycles. The predicted octanol–water partition coefficient (Wildman–Crippen LogP) is 5.64. The minimum Gasteiger partial charge on any atom is -0.508 e. The second-order valence-electron chi connectivity index (χ2n) is 11.4. The highest BCUT2D eigenvalue weighted by atomic mass is 19.1. The van der Waals surface area contributed by atoms with Crippen molar-refractivity contribution >= 4 is 27.5 Å². The van der Waals surface area contributed by atoms with E-state index in [0.29, 0.717) is 27.7 Å². The molecule has 1 aliphatic carbocycles. The first-order valence-corrected chi connectivity index (χ1v) is 14.0. The molecule has 9 heteroatoms. The topological polar surface area (TPSA) is 71.0 Å². The van der Waals surface area contributed by atoms with Gasteiger partial charge in [-0.2, -0.15) is 9.97 Å². The minimum atomic E-state index is -0.659. The average molecular weight is 557 g/mol. The molecule has 41 heavy (non-hydrogen) atoms. The van der Waals surface area contributed by atoms with Crippen molar-refractivity contribution in [2.75, 3.05) is 25.5 Å². The molecule has 0 amide bonds. The van der Waals surface area contributed by atoms with Crippen LogP contribution in [0.25, 0.3) is 32.8 Å². The fraction of sp³-hybridized carbons (Fsp3) is 0.375. The van der Waals surface area contributed by atoms with Gasteiger partial charge >= 0.3 is 6.01 Å². The van der Waals surface area contributed by atoms with Gasteiger partial charge in [-0.25, -0.2) is 8.78 Å². The van der Waals surface area contributed by atoms with Crippen molar-refractivity contribution in [1.82, 2.24) is 14.9 Å². The van der Waals surface area contributed by atoms with Gasteiger partial charge in [0, 0.05) is 24.0 Å². The number of likely N-dealkylation sites (N-methyl/N-ethyl adjacent to an activating group) is 2. The van der Waals surface area contributed by atoms with Crippen molar-refractivity contribution in [3.8, 4) is 41.0 Å². The average Bonchev–Trinajstić information content (AvgIpc) is 3.34. The molecule has 7 nitrogen and oxygen atoms in total. The quantitative estimate of drug-likeness (QED) is 0.327. The molecule has 4 atom stereocenters. The first-order chi connectivity index (χ1) is 19.7. The molecule has 0 spiro atoms. The fourth-order valence-electron chi connectivity index (χ4n) is 6.71. The normalized spacial score (nSPS) is 22.5. The Hall–Kier alpha value is -4.16. The molecule has 2 aliphatic heterocycles. The van der Waals surface area contributed by atoms with Gasteiger partial charge in [0.1, 0.15) is 40.9 Å². The summed E-state index contributed by atoms with van der Waals surface area (Å²) in [6.45, 7) is 2.98. The van der Waals surface area contributed by atoms with Crippen molar-refractivity contribution in [3.05, 3.63) is 47.5 Å². The van der Waals surface area contributed by atoms with Gasteiger partial charge < -0.3 is 19.5 Å². The van der Waals surface area contributed by atoms with Crippen molar-refractivity contribution < 1.29 is 23.4 Å². The van der Waals surface area contributed by atoms with Crippen LogP contribution in [-0.4, -0.2) is 64.9 Å². The smallest absolute Gasteiger partial charge is 0.319 e. The summed E-state index contributed by atoms with van der Waals surface area (Å²) in [5, 5.41) is 11.8. The lowest BCUT2D eigenvalue weighted by atomic mass is 9.88. The van der Waals surface area contributed by atoms with E-state index in [1.54, 1.807) is 6.07 Å². The van der Waals surface area contributed by atoms with Crippen LogP contribution >= 0.6 is 0 Å². The molecule has 1 saturated carbocycles. The van der Waals surface area contributed by atoms with Gasteiger partial charge in [0.2, 0.25) is 0 Å². The van der Waals surface area contributed by atoms with Crippen LogP contribution in [0.5, 0.6) is 17.5 Å². The zero-order chi connectivity index (χ0) is 28.6. The number of ether oxygens (including phenoxy) is 2. The monoisotopic (exact) mass is 556 g/mol. The summed E-state index contributed by atoms with van der Waals surface area (Å²) in [6.07, 6.45) is 9.23. The highest BCUT2D eigenvalue weighted by Crippen LogP contribution is 2.47. The molecule has 1 N–H and O–H groups in total. The molecule has 210 valence electrons. The Morgan fingerprint density at radius 2 is 1.93 bits per heavy atom. The number of hydrogen-bond acceptors (Lipinski definition) is 7. The Morgan fingerprint density at radius 1 is 1.10 bits per heavy atom. The summed E-state index contributed by atoms with van der Waals surface area (Å²) >= 11 is 0. The predicted molar refractivity (Wildman–Crippen MR) is 154 cm³/mol. The molecule has 4 aromatic rings. The number of likely N-dealkylation sites (tertiary alicyclic amines) is 1. The Kier molecular flexibility index (Phi) is 5.94. The largest absolute Gasteiger partial charge is 0.508 e. The van der Waals surface area contributed by atoms with Gasteiger partial charge in [-0.1, -0.05) is 12.0 Å². The molecular formula is C32H30F2N4O3.